The van der Waals surface area contributed by atoms with Gasteiger partial charge in [-0.1, -0.05) is 84.9 Å². The first-order chi connectivity index (χ1) is 24.5. The van der Waals surface area contributed by atoms with Gasteiger partial charge in [0, 0.05) is 39.0 Å². The summed E-state index contributed by atoms with van der Waals surface area (Å²) in [5.41, 5.74) is 8.66. The molecule has 6 aromatic rings. The molecule has 13 nitrogen and oxygen atoms in total. The molecule has 0 radical (unpaired) electrons. The van der Waals surface area contributed by atoms with Gasteiger partial charge in [0.25, 0.3) is 0 Å². The number of nitrogens with two attached hydrogens (primary N) is 3. The molecule has 0 atom stereocenters. The summed E-state index contributed by atoms with van der Waals surface area (Å²) < 4.78 is 9.37. The topological polar surface area (TPSA) is 221 Å². The van der Waals surface area contributed by atoms with E-state index < -0.39 is 0 Å². The number of ether oxygens (including phenoxy) is 1. The number of rotatable bonds is 11. The van der Waals surface area contributed by atoms with Crippen LogP contribution in [0.25, 0.3) is 22.1 Å². The third-order valence-electron chi connectivity index (χ3n) is 7.43. The Balaban J connectivity index is 0.000000309. The average Bonchev–Trinajstić information content (AvgIpc) is 3.69. The second-order valence-corrected chi connectivity index (χ2v) is 10.9. The van der Waals surface area contributed by atoms with Crippen molar-refractivity contribution in [3.8, 4) is 0 Å². The van der Waals surface area contributed by atoms with Crippen molar-refractivity contribution >= 4 is 33.9 Å². The molecule has 0 bridgehead atoms. The summed E-state index contributed by atoms with van der Waals surface area (Å²) in [5, 5.41) is 7.57. The van der Waals surface area contributed by atoms with E-state index in [1.165, 1.54) is 11.1 Å². The van der Waals surface area contributed by atoms with Crippen LogP contribution in [0.4, 0.5) is 0 Å². The Morgan fingerprint density at radius 1 is 0.686 bits per heavy atom. The molecule has 0 aliphatic heterocycles. The second kappa shape index (κ2) is 23.1. The van der Waals surface area contributed by atoms with Gasteiger partial charge in [0.2, 0.25) is 5.91 Å². The largest absolute Gasteiger partial charge is 0.466 e. The van der Waals surface area contributed by atoms with Crippen LogP contribution in [0.1, 0.15) is 49.5 Å². The number of nitrogens with one attached hydrogen (secondary N) is 1. The van der Waals surface area contributed by atoms with E-state index in [0.29, 0.717) is 32.3 Å². The Hall–Kier alpha value is -5.44. The molecule has 272 valence electrons. The maximum atomic E-state index is 11.6. The number of para-hydroxylation sites is 4. The number of hydrogen-bond donors (Lipinski definition) is 5. The molecule has 1 amide bonds. The van der Waals surface area contributed by atoms with E-state index in [2.05, 4.69) is 67.6 Å². The molecular formula is C38H50N8O5. The molecule has 0 spiro atoms. The standard InChI is InChI=1S/C19H20N2O2.C17H18N4O.C2H6O.H4N2.H2O/c1-2-23-19(22)13-12-18-20-16-10-6-7-11-17(16)21(18)14-15-8-4-3-5-9-15;18-20-17(22)11-10-16-19-14-8-4-5-9-15(14)21(16)12-13-6-2-1-3-7-13;1-2-3;1-2;/h3-11H,2,12-14H2,1H3;1-9H,10-12,18H2,(H,20,22);3H,2H2,1H3;1-2H2;1H2. The fourth-order valence-corrected chi connectivity index (χ4v) is 5.26. The molecule has 0 unspecified atom stereocenters. The lowest BCUT2D eigenvalue weighted by molar-refractivity contribution is -0.143. The lowest BCUT2D eigenvalue weighted by atomic mass is 10.2. The molecule has 0 saturated carbocycles. The Morgan fingerprint density at radius 3 is 1.49 bits per heavy atom. The number of carbonyl (C=O) groups is 2. The highest BCUT2D eigenvalue weighted by atomic mass is 16.5. The Morgan fingerprint density at radius 2 is 1.08 bits per heavy atom. The number of aliphatic hydroxyl groups excluding tert-OH is 1. The third-order valence-corrected chi connectivity index (χ3v) is 7.43. The van der Waals surface area contributed by atoms with Gasteiger partial charge in [-0.2, -0.15) is 0 Å². The van der Waals surface area contributed by atoms with Crippen LogP contribution < -0.4 is 23.0 Å². The molecule has 0 fully saturated rings. The quantitative estimate of drug-likeness (QED) is 0.0577. The van der Waals surface area contributed by atoms with Crippen molar-refractivity contribution in [2.45, 2.75) is 52.6 Å². The smallest absolute Gasteiger partial charge is 0.306 e. The third kappa shape index (κ3) is 12.8. The van der Waals surface area contributed by atoms with Crippen molar-refractivity contribution in [2.75, 3.05) is 13.2 Å². The lowest BCUT2D eigenvalue weighted by Crippen LogP contribution is -2.30. The normalized spacial score (nSPS) is 10.0. The molecule has 10 N–H and O–H groups in total. The van der Waals surface area contributed by atoms with Crippen molar-refractivity contribution in [1.82, 2.24) is 24.5 Å². The Labute approximate surface area is 298 Å². The molecule has 6 rings (SSSR count). The SMILES string of the molecule is CCO.CCOC(=O)CCc1nc2ccccc2n1Cc1ccccc1.NN.NNC(=O)CCc1nc2ccccc2n1Cc1ccccc1.O. The summed E-state index contributed by atoms with van der Waals surface area (Å²) in [6.07, 6.45) is 1.82. The van der Waals surface area contributed by atoms with Crippen LogP contribution in [-0.2, 0) is 40.3 Å². The van der Waals surface area contributed by atoms with Gasteiger partial charge < -0.3 is 24.5 Å². The predicted molar refractivity (Wildman–Crippen MR) is 201 cm³/mol. The second-order valence-electron chi connectivity index (χ2n) is 10.9. The van der Waals surface area contributed by atoms with E-state index in [0.717, 1.165) is 46.8 Å². The van der Waals surface area contributed by atoms with Gasteiger partial charge in [-0.3, -0.25) is 26.7 Å². The van der Waals surface area contributed by atoms with Gasteiger partial charge in [-0.05, 0) is 49.2 Å². The maximum Gasteiger partial charge on any atom is 0.306 e. The number of nitrogens with zero attached hydrogens (tertiary/aromatic N) is 4. The molecule has 13 heteroatoms. The van der Waals surface area contributed by atoms with Crippen LogP contribution in [-0.4, -0.2) is 54.8 Å². The monoisotopic (exact) mass is 698 g/mol. The van der Waals surface area contributed by atoms with Crippen molar-refractivity contribution < 1.29 is 24.9 Å². The van der Waals surface area contributed by atoms with Crippen LogP contribution in [0.2, 0.25) is 0 Å². The van der Waals surface area contributed by atoms with Gasteiger partial charge in [0.05, 0.1) is 35.1 Å². The zero-order valence-corrected chi connectivity index (χ0v) is 29.2. The first-order valence-corrected chi connectivity index (χ1v) is 16.5. The summed E-state index contributed by atoms with van der Waals surface area (Å²) in [4.78, 5) is 32.4. The van der Waals surface area contributed by atoms with Crippen molar-refractivity contribution in [3.63, 3.8) is 0 Å². The van der Waals surface area contributed by atoms with E-state index >= 15 is 0 Å². The van der Waals surface area contributed by atoms with Crippen LogP contribution in [0.5, 0.6) is 0 Å². The Kier molecular flexibility index (Phi) is 18.9. The number of esters is 1. The minimum atomic E-state index is -0.182. The van der Waals surface area contributed by atoms with Crippen LogP contribution >= 0.6 is 0 Å². The summed E-state index contributed by atoms with van der Waals surface area (Å²) >= 11 is 0. The Bertz CT molecular complexity index is 1880. The number of aryl methyl sites for hydroxylation is 2. The number of aliphatic hydroxyl groups is 1. The average molecular weight is 699 g/mol. The van der Waals surface area contributed by atoms with E-state index in [1.807, 2.05) is 79.7 Å². The number of aromatic nitrogens is 4. The highest BCUT2D eigenvalue weighted by molar-refractivity contribution is 5.78. The summed E-state index contributed by atoms with van der Waals surface area (Å²) in [6.45, 7) is 5.66. The number of fused-ring (bicyclic) bond motifs is 2. The zero-order chi connectivity index (χ0) is 36.1. The molecule has 4 aromatic carbocycles. The minimum absolute atomic E-state index is 0. The number of amides is 1. The number of hydrazine groups is 2. The molecule has 2 heterocycles. The molecule has 0 saturated heterocycles. The minimum Gasteiger partial charge on any atom is -0.466 e. The summed E-state index contributed by atoms with van der Waals surface area (Å²) in [6, 6.07) is 36.6. The van der Waals surface area contributed by atoms with Crippen LogP contribution in [0, 0.1) is 0 Å². The first-order valence-electron chi connectivity index (χ1n) is 16.5. The van der Waals surface area contributed by atoms with Crippen molar-refractivity contribution in [1.29, 1.82) is 0 Å². The van der Waals surface area contributed by atoms with E-state index in [9.17, 15) is 9.59 Å². The number of hydrogen-bond acceptors (Lipinski definition) is 9. The molecule has 0 aliphatic carbocycles. The number of benzene rings is 4. The van der Waals surface area contributed by atoms with Gasteiger partial charge in [-0.15, -0.1) is 0 Å². The zero-order valence-electron chi connectivity index (χ0n) is 29.2. The van der Waals surface area contributed by atoms with Crippen molar-refractivity contribution in [2.24, 2.45) is 17.5 Å². The van der Waals surface area contributed by atoms with Crippen LogP contribution in [0.3, 0.4) is 0 Å². The fraction of sp³-hybridized carbons (Fsp3) is 0.263. The summed E-state index contributed by atoms with van der Waals surface area (Å²) in [5.74, 6) is 14.6. The predicted octanol–water partition coefficient (Wildman–Crippen LogP) is 3.58. The van der Waals surface area contributed by atoms with E-state index in [1.54, 1.807) is 6.92 Å². The number of carbonyl (C=O) groups excluding carboxylic acids is 2. The fourth-order valence-electron chi connectivity index (χ4n) is 5.26. The van der Waals surface area contributed by atoms with Gasteiger partial charge in [0.15, 0.2) is 0 Å². The van der Waals surface area contributed by atoms with E-state index in [4.69, 9.17) is 20.7 Å². The first kappa shape index (κ1) is 41.7. The van der Waals surface area contributed by atoms with Crippen LogP contribution in [0.15, 0.2) is 109 Å². The van der Waals surface area contributed by atoms with Gasteiger partial charge >= 0.3 is 5.97 Å². The maximum absolute atomic E-state index is 11.6. The summed E-state index contributed by atoms with van der Waals surface area (Å²) in [7, 11) is 0. The van der Waals surface area contributed by atoms with Gasteiger partial charge in [0.1, 0.15) is 11.6 Å². The molecular weight excluding hydrogens is 648 g/mol. The molecule has 0 aliphatic rings. The highest BCUT2D eigenvalue weighted by Gasteiger charge is 2.14. The highest BCUT2D eigenvalue weighted by Crippen LogP contribution is 2.20. The van der Waals surface area contributed by atoms with E-state index in [-0.39, 0.29) is 24.0 Å². The lowest BCUT2D eigenvalue weighted by Gasteiger charge is -2.09. The van der Waals surface area contributed by atoms with Gasteiger partial charge in [-0.25, -0.2) is 15.8 Å². The molecule has 2 aromatic heterocycles. The number of imidazole rings is 2. The molecule has 51 heavy (non-hydrogen) atoms. The van der Waals surface area contributed by atoms with Crippen molar-refractivity contribution in [3.05, 3.63) is 132 Å².